The van der Waals surface area contributed by atoms with E-state index in [0.717, 1.165) is 5.56 Å². The fraction of sp³-hybridized carbons (Fsp3) is 0.360. The number of fused-ring (bicyclic) bond motifs is 1. The lowest BCUT2D eigenvalue weighted by Crippen LogP contribution is -2.40. The molecule has 4 rings (SSSR count). The first-order chi connectivity index (χ1) is 16.0. The molecule has 1 aliphatic heterocycles. The SMILES string of the molecule is CCOC(=O)CC(c1ccc(F)cc1)C1CCN(C(=O)c2n[nH]c(=O)c3ccccc23)CC1. The van der Waals surface area contributed by atoms with Crippen LogP contribution in [0.1, 0.15) is 48.2 Å². The van der Waals surface area contributed by atoms with E-state index in [1.807, 2.05) is 0 Å². The molecule has 0 radical (unpaired) electrons. The van der Waals surface area contributed by atoms with Gasteiger partial charge < -0.3 is 9.64 Å². The van der Waals surface area contributed by atoms with Gasteiger partial charge in [0, 0.05) is 18.5 Å². The number of hydrogen-bond donors (Lipinski definition) is 1. The molecule has 1 amide bonds. The first-order valence-electron chi connectivity index (χ1n) is 11.2. The summed E-state index contributed by atoms with van der Waals surface area (Å²) in [6.45, 7) is 3.07. The molecular formula is C25H26FN3O4. The molecule has 0 saturated carbocycles. The second-order valence-electron chi connectivity index (χ2n) is 8.24. The van der Waals surface area contributed by atoms with Crippen LogP contribution >= 0.6 is 0 Å². The van der Waals surface area contributed by atoms with E-state index >= 15 is 0 Å². The first-order valence-corrected chi connectivity index (χ1v) is 11.2. The van der Waals surface area contributed by atoms with Crippen molar-refractivity contribution in [3.63, 3.8) is 0 Å². The summed E-state index contributed by atoms with van der Waals surface area (Å²) in [4.78, 5) is 39.2. The van der Waals surface area contributed by atoms with Crippen molar-refractivity contribution in [2.45, 2.75) is 32.1 Å². The highest BCUT2D eigenvalue weighted by Gasteiger charge is 2.32. The minimum Gasteiger partial charge on any atom is -0.466 e. The third kappa shape index (κ3) is 4.94. The largest absolute Gasteiger partial charge is 0.466 e. The number of aromatic amines is 1. The van der Waals surface area contributed by atoms with Gasteiger partial charge >= 0.3 is 5.97 Å². The number of piperidine rings is 1. The van der Waals surface area contributed by atoms with Gasteiger partial charge in [-0.2, -0.15) is 5.10 Å². The van der Waals surface area contributed by atoms with Crippen LogP contribution in [-0.2, 0) is 9.53 Å². The summed E-state index contributed by atoms with van der Waals surface area (Å²) in [6.07, 6.45) is 1.59. The van der Waals surface area contributed by atoms with Crippen LogP contribution in [-0.4, -0.2) is 46.7 Å². The number of halogens is 1. The second-order valence-corrected chi connectivity index (χ2v) is 8.24. The Morgan fingerprint density at radius 2 is 1.79 bits per heavy atom. The topological polar surface area (TPSA) is 92.4 Å². The van der Waals surface area contributed by atoms with E-state index in [-0.39, 0.29) is 47.2 Å². The normalized spacial score (nSPS) is 15.4. The van der Waals surface area contributed by atoms with Crippen molar-refractivity contribution in [2.75, 3.05) is 19.7 Å². The Hall–Kier alpha value is -3.55. The highest BCUT2D eigenvalue weighted by molar-refractivity contribution is 6.04. The first kappa shape index (κ1) is 22.6. The number of carbonyl (C=O) groups excluding carboxylic acids is 2. The molecule has 0 bridgehead atoms. The van der Waals surface area contributed by atoms with Gasteiger partial charge in [0.05, 0.1) is 18.4 Å². The number of amides is 1. The molecule has 1 aliphatic rings. The summed E-state index contributed by atoms with van der Waals surface area (Å²) in [5.41, 5.74) is 0.787. The third-order valence-corrected chi connectivity index (χ3v) is 6.28. The van der Waals surface area contributed by atoms with Gasteiger partial charge in [0.25, 0.3) is 11.5 Å². The lowest BCUT2D eigenvalue weighted by atomic mass is 9.78. The van der Waals surface area contributed by atoms with Crippen LogP contribution in [0.3, 0.4) is 0 Å². The molecule has 33 heavy (non-hydrogen) atoms. The summed E-state index contributed by atoms with van der Waals surface area (Å²) in [7, 11) is 0. The van der Waals surface area contributed by atoms with Crippen LogP contribution in [0, 0.1) is 11.7 Å². The van der Waals surface area contributed by atoms with E-state index in [4.69, 9.17) is 4.74 Å². The summed E-state index contributed by atoms with van der Waals surface area (Å²) >= 11 is 0. The lowest BCUT2D eigenvalue weighted by Gasteiger charge is -2.36. The standard InChI is InChI=1S/C25H26FN3O4/c1-2-33-22(30)15-21(16-7-9-18(26)10-8-16)17-11-13-29(14-12-17)25(32)23-19-5-3-4-6-20(19)24(31)28-27-23/h3-10,17,21H,2,11-15H2,1H3,(H,28,31). The second kappa shape index (κ2) is 9.94. The molecule has 1 unspecified atom stereocenters. The number of benzene rings is 2. The summed E-state index contributed by atoms with van der Waals surface area (Å²) in [5, 5.41) is 7.40. The highest BCUT2D eigenvalue weighted by atomic mass is 19.1. The zero-order chi connectivity index (χ0) is 23.4. The molecule has 172 valence electrons. The number of likely N-dealkylation sites (tertiary alicyclic amines) is 1. The minimum atomic E-state index is -0.332. The summed E-state index contributed by atoms with van der Waals surface area (Å²) < 4.78 is 18.6. The van der Waals surface area contributed by atoms with Crippen LogP contribution < -0.4 is 5.56 Å². The number of carbonyl (C=O) groups is 2. The Morgan fingerprint density at radius 1 is 1.12 bits per heavy atom. The zero-order valence-electron chi connectivity index (χ0n) is 18.4. The average Bonchev–Trinajstić information content (AvgIpc) is 2.84. The van der Waals surface area contributed by atoms with E-state index in [0.29, 0.717) is 43.3 Å². The molecule has 1 aromatic heterocycles. The van der Waals surface area contributed by atoms with Gasteiger partial charge in [-0.15, -0.1) is 0 Å². The fourth-order valence-corrected chi connectivity index (χ4v) is 4.60. The van der Waals surface area contributed by atoms with Gasteiger partial charge in [0.2, 0.25) is 0 Å². The van der Waals surface area contributed by atoms with E-state index in [1.165, 1.54) is 12.1 Å². The molecule has 0 aliphatic carbocycles. The van der Waals surface area contributed by atoms with Crippen LogP contribution in [0.25, 0.3) is 10.8 Å². The number of esters is 1. The number of nitrogens with one attached hydrogen (secondary N) is 1. The Balaban J connectivity index is 1.51. The number of aromatic nitrogens is 2. The predicted octanol–water partition coefficient (Wildman–Crippen LogP) is 3.65. The Bertz CT molecular complexity index is 1200. The van der Waals surface area contributed by atoms with Crippen molar-refractivity contribution < 1.29 is 18.7 Å². The van der Waals surface area contributed by atoms with Crippen LogP contribution in [0.4, 0.5) is 4.39 Å². The maximum Gasteiger partial charge on any atom is 0.306 e. The number of ether oxygens (including phenoxy) is 1. The smallest absolute Gasteiger partial charge is 0.306 e. The zero-order valence-corrected chi connectivity index (χ0v) is 18.4. The van der Waals surface area contributed by atoms with Crippen molar-refractivity contribution in [1.29, 1.82) is 0 Å². The number of hydrogen-bond acceptors (Lipinski definition) is 5. The Labute approximate surface area is 190 Å². The summed E-state index contributed by atoms with van der Waals surface area (Å²) in [6, 6.07) is 13.1. The molecule has 1 atom stereocenters. The lowest BCUT2D eigenvalue weighted by molar-refractivity contribution is -0.144. The molecule has 8 heteroatoms. The van der Waals surface area contributed by atoms with Gasteiger partial charge in [-0.3, -0.25) is 14.4 Å². The van der Waals surface area contributed by atoms with Crippen molar-refractivity contribution >= 4 is 22.6 Å². The molecule has 7 nitrogen and oxygen atoms in total. The van der Waals surface area contributed by atoms with E-state index < -0.39 is 0 Å². The van der Waals surface area contributed by atoms with Crippen molar-refractivity contribution in [1.82, 2.24) is 15.1 Å². The third-order valence-electron chi connectivity index (χ3n) is 6.28. The molecule has 3 aromatic rings. The number of rotatable bonds is 6. The Kier molecular flexibility index (Phi) is 6.82. The molecule has 2 aromatic carbocycles. The van der Waals surface area contributed by atoms with Crippen molar-refractivity contribution in [3.8, 4) is 0 Å². The van der Waals surface area contributed by atoms with Gasteiger partial charge in [0.1, 0.15) is 5.82 Å². The molecule has 1 N–H and O–H groups in total. The number of H-pyrrole nitrogens is 1. The fourth-order valence-electron chi connectivity index (χ4n) is 4.60. The monoisotopic (exact) mass is 451 g/mol. The van der Waals surface area contributed by atoms with Gasteiger partial charge in [-0.25, -0.2) is 9.49 Å². The molecule has 1 fully saturated rings. The van der Waals surface area contributed by atoms with Crippen molar-refractivity contribution in [2.24, 2.45) is 5.92 Å². The summed E-state index contributed by atoms with van der Waals surface area (Å²) in [5.74, 6) is -0.813. The van der Waals surface area contributed by atoms with Gasteiger partial charge in [-0.1, -0.05) is 30.3 Å². The van der Waals surface area contributed by atoms with Crippen molar-refractivity contribution in [3.05, 3.63) is 76.0 Å². The van der Waals surface area contributed by atoms with Gasteiger partial charge in [-0.05, 0) is 55.4 Å². The molecule has 1 saturated heterocycles. The average molecular weight is 451 g/mol. The molecular weight excluding hydrogens is 425 g/mol. The van der Waals surface area contributed by atoms with Crippen LogP contribution in [0.5, 0.6) is 0 Å². The van der Waals surface area contributed by atoms with Crippen LogP contribution in [0.2, 0.25) is 0 Å². The Morgan fingerprint density at radius 3 is 2.45 bits per heavy atom. The quantitative estimate of drug-likeness (QED) is 0.578. The minimum absolute atomic E-state index is 0.117. The van der Waals surface area contributed by atoms with E-state index in [1.54, 1.807) is 48.2 Å². The van der Waals surface area contributed by atoms with E-state index in [2.05, 4.69) is 10.2 Å². The molecule has 0 spiro atoms. The van der Waals surface area contributed by atoms with Crippen LogP contribution in [0.15, 0.2) is 53.3 Å². The number of nitrogens with zero attached hydrogens (tertiary/aromatic N) is 2. The predicted molar refractivity (Wildman–Crippen MR) is 121 cm³/mol. The molecule has 2 heterocycles. The van der Waals surface area contributed by atoms with E-state index in [9.17, 15) is 18.8 Å². The maximum absolute atomic E-state index is 13.4. The van der Waals surface area contributed by atoms with Gasteiger partial charge in [0.15, 0.2) is 5.69 Å². The maximum atomic E-state index is 13.4. The highest BCUT2D eigenvalue weighted by Crippen LogP contribution is 2.36.